The first-order valence-corrected chi connectivity index (χ1v) is 10.5. The van der Waals surface area contributed by atoms with Crippen LogP contribution in [0.5, 0.6) is 0 Å². The molecule has 29 heavy (non-hydrogen) atoms. The summed E-state index contributed by atoms with van der Waals surface area (Å²) in [7, 11) is 0. The Morgan fingerprint density at radius 3 is 3.03 bits per heavy atom. The molecule has 1 saturated heterocycles. The van der Waals surface area contributed by atoms with E-state index in [0.717, 1.165) is 18.4 Å². The number of thiophene rings is 1. The van der Waals surface area contributed by atoms with E-state index in [0.29, 0.717) is 31.2 Å². The molecule has 4 heterocycles. The third-order valence-electron chi connectivity index (χ3n) is 5.05. The van der Waals surface area contributed by atoms with E-state index in [-0.39, 0.29) is 24.8 Å². The Labute approximate surface area is 170 Å². The van der Waals surface area contributed by atoms with Gasteiger partial charge in [0, 0.05) is 55.7 Å². The molecule has 0 saturated carbocycles. The number of piperidine rings is 1. The molecule has 10 heteroatoms. The van der Waals surface area contributed by atoms with Crippen LogP contribution in [0.15, 0.2) is 43.2 Å². The van der Waals surface area contributed by atoms with Gasteiger partial charge in [-0.1, -0.05) is 5.16 Å². The van der Waals surface area contributed by atoms with Crippen molar-refractivity contribution in [1.82, 2.24) is 24.6 Å². The number of H-pyrrole nitrogens is 1. The van der Waals surface area contributed by atoms with Crippen molar-refractivity contribution in [2.75, 3.05) is 13.1 Å². The quantitative estimate of drug-likeness (QED) is 0.653. The number of aryl methyl sites for hydroxylation is 1. The fourth-order valence-electron chi connectivity index (χ4n) is 3.55. The summed E-state index contributed by atoms with van der Waals surface area (Å²) >= 11 is 1.58. The molecular formula is C19H21N5O4S. The summed E-state index contributed by atoms with van der Waals surface area (Å²) < 4.78 is 6.73. The summed E-state index contributed by atoms with van der Waals surface area (Å²) in [6.07, 6.45) is 4.18. The zero-order valence-electron chi connectivity index (χ0n) is 15.7. The molecule has 4 rings (SSSR count). The van der Waals surface area contributed by atoms with Gasteiger partial charge in [0.1, 0.15) is 0 Å². The number of carbonyl (C=O) groups excluding carboxylic acids is 1. The van der Waals surface area contributed by atoms with Crippen LogP contribution in [0.2, 0.25) is 0 Å². The summed E-state index contributed by atoms with van der Waals surface area (Å²) in [5.41, 5.74) is 0.00205. The number of rotatable bonds is 6. The Morgan fingerprint density at radius 1 is 1.34 bits per heavy atom. The lowest BCUT2D eigenvalue weighted by molar-refractivity contribution is -0.133. The fraction of sp³-hybridized carbons (Fsp3) is 0.421. The second-order valence-electron chi connectivity index (χ2n) is 7.13. The molecule has 0 bridgehead atoms. The number of hydrogen-bond acceptors (Lipinski definition) is 7. The van der Waals surface area contributed by atoms with Crippen molar-refractivity contribution in [3.05, 3.63) is 55.8 Å². The van der Waals surface area contributed by atoms with E-state index in [4.69, 9.17) is 4.52 Å². The van der Waals surface area contributed by atoms with Gasteiger partial charge in [-0.25, -0.2) is 4.79 Å². The second-order valence-corrected chi connectivity index (χ2v) is 7.91. The molecule has 0 unspecified atom stereocenters. The van der Waals surface area contributed by atoms with Gasteiger partial charge in [0.15, 0.2) is 0 Å². The number of nitrogens with zero attached hydrogens (tertiary/aromatic N) is 4. The normalized spacial score (nSPS) is 16.8. The highest BCUT2D eigenvalue weighted by Crippen LogP contribution is 2.23. The standard InChI is InChI=1S/C19H21N5O4S/c25-15-3-7-23(19(27)20-15)8-4-17(26)24-6-1-2-13(11-24)10-16-21-18(22-28-16)14-5-9-29-12-14/h3,5,7,9,12-13H,1-2,4,6,8,10-11H2,(H,20,25,27)/t13-/m1/s1. The van der Waals surface area contributed by atoms with E-state index in [1.54, 1.807) is 11.3 Å². The number of amides is 1. The van der Waals surface area contributed by atoms with E-state index in [1.165, 1.54) is 16.8 Å². The topological polar surface area (TPSA) is 114 Å². The molecule has 1 aliphatic heterocycles. The van der Waals surface area contributed by atoms with Crippen molar-refractivity contribution in [3.8, 4) is 11.4 Å². The highest BCUT2D eigenvalue weighted by molar-refractivity contribution is 7.08. The van der Waals surface area contributed by atoms with Crippen LogP contribution in [0.25, 0.3) is 11.4 Å². The molecule has 1 atom stereocenters. The minimum absolute atomic E-state index is 0.00251. The lowest BCUT2D eigenvalue weighted by Crippen LogP contribution is -2.41. The van der Waals surface area contributed by atoms with Gasteiger partial charge >= 0.3 is 5.69 Å². The van der Waals surface area contributed by atoms with Gasteiger partial charge in [0.25, 0.3) is 5.56 Å². The summed E-state index contributed by atoms with van der Waals surface area (Å²) in [4.78, 5) is 43.9. The predicted octanol–water partition coefficient (Wildman–Crippen LogP) is 1.52. The molecule has 0 spiro atoms. The third kappa shape index (κ3) is 4.70. The van der Waals surface area contributed by atoms with Gasteiger partial charge in [0.05, 0.1) is 0 Å². The maximum Gasteiger partial charge on any atom is 0.328 e. The first kappa shape index (κ1) is 19.3. The SMILES string of the molecule is O=C(CCn1ccc(=O)[nH]c1=O)N1CCC[C@H](Cc2nc(-c3ccsc3)no2)C1. The van der Waals surface area contributed by atoms with Gasteiger partial charge in [-0.3, -0.25) is 14.6 Å². The molecule has 152 valence electrons. The molecule has 3 aromatic heterocycles. The molecular weight excluding hydrogens is 394 g/mol. The Bertz CT molecular complexity index is 1080. The summed E-state index contributed by atoms with van der Waals surface area (Å²) in [6.45, 7) is 1.58. The molecule has 1 N–H and O–H groups in total. The van der Waals surface area contributed by atoms with E-state index in [9.17, 15) is 14.4 Å². The minimum Gasteiger partial charge on any atom is -0.342 e. The van der Waals surface area contributed by atoms with Crippen LogP contribution in [0.4, 0.5) is 0 Å². The Hall–Kier alpha value is -3.01. The molecule has 0 radical (unpaired) electrons. The number of nitrogens with one attached hydrogen (secondary N) is 1. The van der Waals surface area contributed by atoms with Gasteiger partial charge in [-0.05, 0) is 30.2 Å². The van der Waals surface area contributed by atoms with Gasteiger partial charge < -0.3 is 14.0 Å². The lowest BCUT2D eigenvalue weighted by Gasteiger charge is -2.32. The van der Waals surface area contributed by atoms with Gasteiger partial charge in [-0.2, -0.15) is 16.3 Å². The number of hydrogen-bond donors (Lipinski definition) is 1. The van der Waals surface area contributed by atoms with Crippen LogP contribution < -0.4 is 11.2 Å². The highest BCUT2D eigenvalue weighted by Gasteiger charge is 2.25. The summed E-state index contributed by atoms with van der Waals surface area (Å²) in [5, 5.41) is 7.98. The van der Waals surface area contributed by atoms with Gasteiger partial charge in [0.2, 0.25) is 17.6 Å². The van der Waals surface area contributed by atoms with E-state index in [2.05, 4.69) is 15.1 Å². The average molecular weight is 415 g/mol. The van der Waals surface area contributed by atoms with Crippen molar-refractivity contribution >= 4 is 17.2 Å². The van der Waals surface area contributed by atoms with Crippen LogP contribution >= 0.6 is 11.3 Å². The molecule has 3 aromatic rings. The Kier molecular flexibility index (Phi) is 5.70. The number of carbonyl (C=O) groups is 1. The van der Waals surface area contributed by atoms with Crippen LogP contribution in [0, 0.1) is 5.92 Å². The third-order valence-corrected chi connectivity index (χ3v) is 5.73. The first-order valence-electron chi connectivity index (χ1n) is 9.51. The number of aromatic nitrogens is 4. The Balaban J connectivity index is 1.32. The van der Waals surface area contributed by atoms with Crippen molar-refractivity contribution in [2.24, 2.45) is 5.92 Å². The molecule has 1 fully saturated rings. The highest BCUT2D eigenvalue weighted by atomic mass is 32.1. The Morgan fingerprint density at radius 2 is 2.24 bits per heavy atom. The van der Waals surface area contributed by atoms with E-state index in [1.807, 2.05) is 21.7 Å². The summed E-state index contributed by atoms with van der Waals surface area (Å²) in [5.74, 6) is 1.44. The molecule has 0 aromatic carbocycles. The van der Waals surface area contributed by atoms with E-state index >= 15 is 0 Å². The minimum atomic E-state index is -0.500. The molecule has 1 aliphatic rings. The maximum atomic E-state index is 12.6. The summed E-state index contributed by atoms with van der Waals surface area (Å²) in [6, 6.07) is 3.23. The molecule has 1 amide bonds. The lowest BCUT2D eigenvalue weighted by atomic mass is 9.94. The molecule has 9 nitrogen and oxygen atoms in total. The average Bonchev–Trinajstić information content (AvgIpc) is 3.39. The van der Waals surface area contributed by atoms with E-state index < -0.39 is 11.2 Å². The van der Waals surface area contributed by atoms with Crippen molar-refractivity contribution in [2.45, 2.75) is 32.2 Å². The van der Waals surface area contributed by atoms with Crippen LogP contribution in [0.3, 0.4) is 0 Å². The smallest absolute Gasteiger partial charge is 0.328 e. The zero-order chi connectivity index (χ0) is 20.2. The van der Waals surface area contributed by atoms with Gasteiger partial charge in [-0.15, -0.1) is 0 Å². The monoisotopic (exact) mass is 415 g/mol. The maximum absolute atomic E-state index is 12.6. The number of likely N-dealkylation sites (tertiary alicyclic amines) is 1. The molecule has 0 aliphatic carbocycles. The largest absolute Gasteiger partial charge is 0.342 e. The number of aromatic amines is 1. The van der Waals surface area contributed by atoms with Crippen molar-refractivity contribution < 1.29 is 9.32 Å². The second kappa shape index (κ2) is 8.56. The van der Waals surface area contributed by atoms with Crippen molar-refractivity contribution in [3.63, 3.8) is 0 Å². The first-order chi connectivity index (χ1) is 14.1. The zero-order valence-corrected chi connectivity index (χ0v) is 16.6. The van der Waals surface area contributed by atoms with Crippen LogP contribution in [0.1, 0.15) is 25.2 Å². The van der Waals surface area contributed by atoms with Crippen molar-refractivity contribution in [1.29, 1.82) is 0 Å². The fourth-order valence-corrected chi connectivity index (χ4v) is 4.18. The predicted molar refractivity (Wildman–Crippen MR) is 107 cm³/mol. The van der Waals surface area contributed by atoms with Crippen LogP contribution in [-0.4, -0.2) is 43.6 Å². The van der Waals surface area contributed by atoms with Crippen LogP contribution in [-0.2, 0) is 17.8 Å².